The molecule has 1 aliphatic heterocycles. The molecule has 1 unspecified atom stereocenters. The maximum absolute atomic E-state index is 15.0. The minimum absolute atomic E-state index is 0.0679. The Balaban J connectivity index is 1.21. The second-order valence-electron chi connectivity index (χ2n) is 9.15. The molecule has 0 saturated heterocycles. The third kappa shape index (κ3) is 4.96. The van der Waals surface area contributed by atoms with Gasteiger partial charge in [-0.15, -0.1) is 11.3 Å². The van der Waals surface area contributed by atoms with Crippen molar-refractivity contribution < 1.29 is 28.5 Å². The van der Waals surface area contributed by atoms with E-state index in [-0.39, 0.29) is 19.0 Å². The summed E-state index contributed by atoms with van der Waals surface area (Å²) in [6, 6.07) is 5.26. The number of rotatable bonds is 7. The number of hydrogen-bond acceptors (Lipinski definition) is 11. The Morgan fingerprint density at radius 1 is 1.18 bits per heavy atom. The normalized spacial score (nSPS) is 14.2. The minimum Gasteiger partial charge on any atom is -0.483 e. The maximum atomic E-state index is 15.0. The number of benzene rings is 2. The number of aliphatic hydroxyl groups excluding tert-OH is 1. The molecule has 2 N–H and O–H groups in total. The number of hydrogen-bond donors (Lipinski definition) is 2. The number of aryl methyl sites for hydroxylation is 1. The fourth-order valence-corrected chi connectivity index (χ4v) is 5.63. The van der Waals surface area contributed by atoms with Crippen molar-refractivity contribution in [2.24, 2.45) is 0 Å². The summed E-state index contributed by atoms with van der Waals surface area (Å²) in [5, 5.41) is 12.2. The number of nitrogens with one attached hydrogen (secondary N) is 1. The van der Waals surface area contributed by atoms with E-state index in [1.165, 1.54) is 36.9 Å². The summed E-state index contributed by atoms with van der Waals surface area (Å²) in [5.74, 6) is 0.492. The van der Waals surface area contributed by atoms with Gasteiger partial charge in [-0.25, -0.2) is 34.1 Å². The van der Waals surface area contributed by atoms with Gasteiger partial charge >= 0.3 is 6.09 Å². The molecule has 4 heterocycles. The Bertz CT molecular complexity index is 1750. The standard InChI is InChI=1S/C27H23FN6O5S/c1-13-5-16(23-19(6-13)33-22(37-2)11-31-23)26-34-20-8-18(28)24-17(25(20)40-26)7-15(39-24)12-38-27(36)32-14-9-29-21(3-4-35)30-10-14/h5-6,8-11,15,35H,3-4,7,12H2,1-2H3,(H,32,36). The molecule has 0 bridgehead atoms. The van der Waals surface area contributed by atoms with Crippen LogP contribution < -0.4 is 14.8 Å². The largest absolute Gasteiger partial charge is 0.483 e. The van der Waals surface area contributed by atoms with Crippen LogP contribution in [0.1, 0.15) is 17.0 Å². The third-order valence-electron chi connectivity index (χ3n) is 6.29. The van der Waals surface area contributed by atoms with Gasteiger partial charge in [-0.1, -0.05) is 0 Å². The number of fused-ring (bicyclic) bond motifs is 4. The van der Waals surface area contributed by atoms with Gasteiger partial charge in [-0.05, 0) is 24.6 Å². The molecule has 1 aliphatic rings. The van der Waals surface area contributed by atoms with Crippen LogP contribution in [-0.2, 0) is 17.6 Å². The van der Waals surface area contributed by atoms with E-state index in [1.54, 1.807) is 6.20 Å². The lowest BCUT2D eigenvalue weighted by atomic mass is 10.1. The molecule has 13 heteroatoms. The van der Waals surface area contributed by atoms with Crippen molar-refractivity contribution in [3.05, 3.63) is 59.6 Å². The van der Waals surface area contributed by atoms with E-state index in [4.69, 9.17) is 24.3 Å². The average molecular weight is 563 g/mol. The van der Waals surface area contributed by atoms with Crippen molar-refractivity contribution in [2.75, 3.05) is 25.6 Å². The van der Waals surface area contributed by atoms with Crippen molar-refractivity contribution in [1.29, 1.82) is 0 Å². The van der Waals surface area contributed by atoms with E-state index in [0.29, 0.717) is 57.4 Å². The van der Waals surface area contributed by atoms with Gasteiger partial charge in [0.05, 0.1) is 59.2 Å². The first-order chi connectivity index (χ1) is 19.4. The number of methoxy groups -OCH3 is 1. The van der Waals surface area contributed by atoms with Crippen molar-refractivity contribution in [3.8, 4) is 22.2 Å². The zero-order valence-corrected chi connectivity index (χ0v) is 22.3. The fraction of sp³-hybridized carbons (Fsp3) is 0.259. The number of anilines is 1. The molecule has 0 spiro atoms. The zero-order chi connectivity index (χ0) is 27.8. The SMILES string of the molecule is COc1cnc2c(-c3nc4cc(F)c5c(c4s3)CC(COC(=O)Nc3cnc(CCO)nc3)O5)cc(C)cc2n1. The molecule has 0 saturated carbocycles. The summed E-state index contributed by atoms with van der Waals surface area (Å²) in [5.41, 5.74) is 4.67. The van der Waals surface area contributed by atoms with Crippen molar-refractivity contribution in [1.82, 2.24) is 24.9 Å². The van der Waals surface area contributed by atoms with Crippen LogP contribution in [0.15, 0.2) is 36.8 Å². The lowest BCUT2D eigenvalue weighted by Gasteiger charge is -2.12. The number of thiazole rings is 1. The molecule has 0 radical (unpaired) electrons. The number of aliphatic hydroxyl groups is 1. The summed E-state index contributed by atoms with van der Waals surface area (Å²) < 4.78 is 32.2. The summed E-state index contributed by atoms with van der Waals surface area (Å²) in [6.45, 7) is 1.81. The fourth-order valence-electron chi connectivity index (χ4n) is 4.52. The summed E-state index contributed by atoms with van der Waals surface area (Å²) in [6.07, 6.45) is 3.80. The van der Waals surface area contributed by atoms with E-state index in [2.05, 4.69) is 25.3 Å². The highest BCUT2D eigenvalue weighted by molar-refractivity contribution is 7.22. The van der Waals surface area contributed by atoms with E-state index in [1.807, 2.05) is 19.1 Å². The molecule has 2 aromatic carbocycles. The number of amides is 1. The quantitative estimate of drug-likeness (QED) is 0.296. The number of halogens is 1. The van der Waals surface area contributed by atoms with Gasteiger partial charge in [0.2, 0.25) is 5.88 Å². The van der Waals surface area contributed by atoms with Crippen LogP contribution in [0.25, 0.3) is 31.8 Å². The first-order valence-electron chi connectivity index (χ1n) is 12.4. The van der Waals surface area contributed by atoms with Crippen LogP contribution in [0.3, 0.4) is 0 Å². The molecule has 40 heavy (non-hydrogen) atoms. The van der Waals surface area contributed by atoms with Gasteiger partial charge in [-0.2, -0.15) is 0 Å². The number of ether oxygens (including phenoxy) is 3. The van der Waals surface area contributed by atoms with Gasteiger partial charge in [0.1, 0.15) is 23.5 Å². The Morgan fingerprint density at radius 2 is 2.00 bits per heavy atom. The van der Waals surface area contributed by atoms with Crippen molar-refractivity contribution in [2.45, 2.75) is 25.9 Å². The molecule has 1 amide bonds. The van der Waals surface area contributed by atoms with Crippen LogP contribution in [0.4, 0.5) is 14.9 Å². The minimum atomic E-state index is -0.715. The van der Waals surface area contributed by atoms with Gasteiger partial charge in [0.15, 0.2) is 11.6 Å². The highest BCUT2D eigenvalue weighted by Gasteiger charge is 2.31. The lowest BCUT2D eigenvalue weighted by Crippen LogP contribution is -2.25. The monoisotopic (exact) mass is 562 g/mol. The molecule has 11 nitrogen and oxygen atoms in total. The average Bonchev–Trinajstić information content (AvgIpc) is 3.57. The van der Waals surface area contributed by atoms with Crippen molar-refractivity contribution >= 4 is 44.4 Å². The highest BCUT2D eigenvalue weighted by Crippen LogP contribution is 2.43. The Kier molecular flexibility index (Phi) is 6.82. The summed E-state index contributed by atoms with van der Waals surface area (Å²) in [4.78, 5) is 34.1. The predicted molar refractivity (Wildman–Crippen MR) is 145 cm³/mol. The van der Waals surface area contributed by atoms with Crippen LogP contribution in [0.5, 0.6) is 11.6 Å². The highest BCUT2D eigenvalue weighted by atomic mass is 32.1. The molecule has 0 fully saturated rings. The van der Waals surface area contributed by atoms with Gasteiger partial charge < -0.3 is 19.3 Å². The maximum Gasteiger partial charge on any atom is 0.411 e. The van der Waals surface area contributed by atoms with Crippen LogP contribution in [0, 0.1) is 12.7 Å². The van der Waals surface area contributed by atoms with Gasteiger partial charge in [0.25, 0.3) is 0 Å². The number of aromatic nitrogens is 5. The van der Waals surface area contributed by atoms with E-state index < -0.39 is 18.0 Å². The lowest BCUT2D eigenvalue weighted by molar-refractivity contribution is 0.100. The van der Waals surface area contributed by atoms with Crippen molar-refractivity contribution in [3.63, 3.8) is 0 Å². The molecular formula is C27H23FN6O5S. The molecule has 3 aromatic heterocycles. The molecule has 5 aromatic rings. The Hall–Kier alpha value is -4.49. The first kappa shape index (κ1) is 25.8. The third-order valence-corrected chi connectivity index (χ3v) is 7.46. The zero-order valence-electron chi connectivity index (χ0n) is 21.5. The summed E-state index contributed by atoms with van der Waals surface area (Å²) in [7, 11) is 1.54. The van der Waals surface area contributed by atoms with E-state index in [0.717, 1.165) is 15.8 Å². The summed E-state index contributed by atoms with van der Waals surface area (Å²) >= 11 is 1.42. The second kappa shape index (κ2) is 10.6. The van der Waals surface area contributed by atoms with E-state index in [9.17, 15) is 4.79 Å². The second-order valence-corrected chi connectivity index (χ2v) is 10.2. The number of carbonyl (C=O) groups excluding carboxylic acids is 1. The first-order valence-corrected chi connectivity index (χ1v) is 13.2. The van der Waals surface area contributed by atoms with Gasteiger partial charge in [0, 0.05) is 30.0 Å². The number of nitrogens with zero attached hydrogens (tertiary/aromatic N) is 5. The predicted octanol–water partition coefficient (Wildman–Crippen LogP) is 4.24. The molecule has 6 rings (SSSR count). The Morgan fingerprint density at radius 3 is 2.77 bits per heavy atom. The topological polar surface area (TPSA) is 141 Å². The Labute approximate surface area is 231 Å². The van der Waals surface area contributed by atoms with Crippen LogP contribution in [0.2, 0.25) is 0 Å². The molecular weight excluding hydrogens is 539 g/mol. The van der Waals surface area contributed by atoms with Crippen LogP contribution >= 0.6 is 11.3 Å². The van der Waals surface area contributed by atoms with Crippen LogP contribution in [-0.4, -0.2) is 62.5 Å². The van der Waals surface area contributed by atoms with Gasteiger partial charge in [-0.3, -0.25) is 5.32 Å². The molecule has 0 aliphatic carbocycles. The smallest absolute Gasteiger partial charge is 0.411 e. The molecule has 204 valence electrons. The number of carbonyl (C=O) groups is 1. The van der Waals surface area contributed by atoms with E-state index >= 15 is 4.39 Å². The molecule has 1 atom stereocenters.